The molecule has 32 heavy (non-hydrogen) atoms. The van der Waals surface area contributed by atoms with E-state index in [4.69, 9.17) is 0 Å². The van der Waals surface area contributed by atoms with Gasteiger partial charge in [0.05, 0.1) is 11.1 Å². The maximum Gasteiger partial charge on any atom is 0.419 e. The Morgan fingerprint density at radius 2 is 2.03 bits per heavy atom. The van der Waals surface area contributed by atoms with E-state index in [1.165, 1.54) is 43.5 Å². The standard InChI is InChI=1S/C24H27F4NO2S/c25-21-8-6-15(13-20(21)24(26,27)28)3-2-10-32-22-19(23(30)31)4-1-9-29(22)14-18-12-16-5-7-17(18)11-16/h1,4,6,8-9,13,16-18,22H,2-3,5,7,10-12,14H2,(H,30,31). The fourth-order valence-corrected chi connectivity index (χ4v) is 6.64. The van der Waals surface area contributed by atoms with E-state index in [0.717, 1.165) is 30.5 Å². The molecule has 1 N–H and O–H groups in total. The average Bonchev–Trinajstić information content (AvgIpc) is 3.35. The van der Waals surface area contributed by atoms with Crippen molar-refractivity contribution in [3.05, 3.63) is 59.1 Å². The molecular weight excluding hydrogens is 442 g/mol. The second kappa shape index (κ2) is 9.49. The zero-order chi connectivity index (χ0) is 22.9. The minimum absolute atomic E-state index is 0.310. The monoisotopic (exact) mass is 469 g/mol. The summed E-state index contributed by atoms with van der Waals surface area (Å²) in [4.78, 5) is 13.9. The Balaban J connectivity index is 1.36. The summed E-state index contributed by atoms with van der Waals surface area (Å²) in [6.45, 7) is 0.840. The number of aryl methyl sites for hydroxylation is 1. The lowest BCUT2D eigenvalue weighted by atomic mass is 9.88. The first kappa shape index (κ1) is 23.2. The SMILES string of the molecule is O=C(O)C1=CC=CN(CC2CC3CCC2C3)C1SCCCc1ccc(F)c(C(F)(F)F)c1. The highest BCUT2D eigenvalue weighted by atomic mass is 32.2. The molecule has 1 aliphatic heterocycles. The smallest absolute Gasteiger partial charge is 0.419 e. The number of carbonyl (C=O) groups is 1. The first-order valence-corrected chi connectivity index (χ1v) is 12.1. The van der Waals surface area contributed by atoms with Gasteiger partial charge in [0, 0.05) is 12.7 Å². The van der Waals surface area contributed by atoms with Crippen LogP contribution in [0.4, 0.5) is 17.6 Å². The number of allylic oxidation sites excluding steroid dienone is 2. The molecule has 2 bridgehead atoms. The molecule has 2 saturated carbocycles. The number of alkyl halides is 3. The Kier molecular flexibility index (Phi) is 6.89. The minimum atomic E-state index is -4.72. The van der Waals surface area contributed by atoms with Gasteiger partial charge in [0.2, 0.25) is 0 Å². The van der Waals surface area contributed by atoms with E-state index in [0.29, 0.717) is 35.6 Å². The Morgan fingerprint density at radius 1 is 1.22 bits per heavy atom. The van der Waals surface area contributed by atoms with Crippen molar-refractivity contribution < 1.29 is 27.5 Å². The molecule has 1 aromatic rings. The van der Waals surface area contributed by atoms with E-state index in [1.807, 2.05) is 6.20 Å². The van der Waals surface area contributed by atoms with Crippen LogP contribution in [-0.4, -0.2) is 33.6 Å². The van der Waals surface area contributed by atoms with Gasteiger partial charge < -0.3 is 10.0 Å². The number of nitrogens with zero attached hydrogens (tertiary/aromatic N) is 1. The molecule has 3 aliphatic rings. The second-order valence-corrected chi connectivity index (χ2v) is 10.2. The van der Waals surface area contributed by atoms with Crippen LogP contribution in [-0.2, 0) is 17.4 Å². The lowest BCUT2D eigenvalue weighted by molar-refractivity contribution is -0.140. The van der Waals surface area contributed by atoms with Gasteiger partial charge in [-0.25, -0.2) is 9.18 Å². The van der Waals surface area contributed by atoms with Crippen molar-refractivity contribution in [3.8, 4) is 0 Å². The molecule has 4 unspecified atom stereocenters. The maximum absolute atomic E-state index is 13.5. The number of halogens is 4. The van der Waals surface area contributed by atoms with Crippen LogP contribution in [0.5, 0.6) is 0 Å². The third-order valence-corrected chi connectivity index (χ3v) is 8.28. The normalized spacial score (nSPS) is 27.1. The van der Waals surface area contributed by atoms with Crippen LogP contribution in [0, 0.1) is 23.6 Å². The first-order chi connectivity index (χ1) is 15.2. The summed E-state index contributed by atoms with van der Waals surface area (Å²) in [6, 6.07) is 3.11. The Bertz CT molecular complexity index is 914. The fraction of sp³-hybridized carbons (Fsp3) is 0.542. The van der Waals surface area contributed by atoms with Crippen molar-refractivity contribution >= 4 is 17.7 Å². The van der Waals surface area contributed by atoms with Gasteiger partial charge in [0.1, 0.15) is 11.2 Å². The number of hydrogen-bond donors (Lipinski definition) is 1. The average molecular weight is 470 g/mol. The quantitative estimate of drug-likeness (QED) is 0.368. The van der Waals surface area contributed by atoms with Crippen LogP contribution in [0.25, 0.3) is 0 Å². The number of rotatable bonds is 8. The summed E-state index contributed by atoms with van der Waals surface area (Å²) < 4.78 is 52.3. The van der Waals surface area contributed by atoms with Crippen molar-refractivity contribution in [2.45, 2.75) is 50.1 Å². The summed E-state index contributed by atoms with van der Waals surface area (Å²) in [7, 11) is 0. The Hall–Kier alpha value is -1.96. The molecule has 3 nitrogen and oxygen atoms in total. The van der Waals surface area contributed by atoms with Crippen molar-refractivity contribution in [3.63, 3.8) is 0 Å². The minimum Gasteiger partial charge on any atom is -0.478 e. The third kappa shape index (κ3) is 5.16. The number of benzene rings is 1. The highest BCUT2D eigenvalue weighted by molar-refractivity contribution is 8.00. The first-order valence-electron chi connectivity index (χ1n) is 11.1. The molecule has 0 saturated heterocycles. The van der Waals surface area contributed by atoms with E-state index in [9.17, 15) is 27.5 Å². The van der Waals surface area contributed by atoms with Crippen LogP contribution in [0.3, 0.4) is 0 Å². The lowest BCUT2D eigenvalue weighted by Gasteiger charge is -2.36. The largest absolute Gasteiger partial charge is 0.478 e. The highest BCUT2D eigenvalue weighted by Crippen LogP contribution is 2.49. The predicted molar refractivity (Wildman–Crippen MR) is 116 cm³/mol. The number of aliphatic carboxylic acids is 1. The van der Waals surface area contributed by atoms with Crippen molar-refractivity contribution in [1.29, 1.82) is 0 Å². The van der Waals surface area contributed by atoms with E-state index < -0.39 is 23.5 Å². The molecule has 0 radical (unpaired) electrons. The van der Waals surface area contributed by atoms with Gasteiger partial charge in [-0.05, 0) is 85.5 Å². The van der Waals surface area contributed by atoms with E-state index in [2.05, 4.69) is 4.90 Å². The van der Waals surface area contributed by atoms with Crippen molar-refractivity contribution in [1.82, 2.24) is 4.90 Å². The summed E-state index contributed by atoms with van der Waals surface area (Å²) in [5.41, 5.74) is -0.481. The molecule has 0 amide bonds. The van der Waals surface area contributed by atoms with Crippen LogP contribution in [0.15, 0.2) is 42.1 Å². The summed E-state index contributed by atoms with van der Waals surface area (Å²) in [6.07, 6.45) is 6.69. The van der Waals surface area contributed by atoms with Gasteiger partial charge in [-0.15, -0.1) is 11.8 Å². The van der Waals surface area contributed by atoms with Gasteiger partial charge >= 0.3 is 12.1 Å². The van der Waals surface area contributed by atoms with E-state index in [-0.39, 0.29) is 5.37 Å². The third-order valence-electron chi connectivity index (χ3n) is 6.92. The predicted octanol–water partition coefficient (Wildman–Crippen LogP) is 6.11. The Labute approximate surface area is 189 Å². The molecule has 0 aromatic heterocycles. The van der Waals surface area contributed by atoms with Gasteiger partial charge in [-0.3, -0.25) is 0 Å². The zero-order valence-corrected chi connectivity index (χ0v) is 18.5. The number of carboxylic acids is 1. The van der Waals surface area contributed by atoms with Gasteiger partial charge in [-0.2, -0.15) is 13.2 Å². The molecule has 1 heterocycles. The van der Waals surface area contributed by atoms with Crippen molar-refractivity contribution in [2.75, 3.05) is 12.3 Å². The van der Waals surface area contributed by atoms with Crippen LogP contribution < -0.4 is 0 Å². The van der Waals surface area contributed by atoms with Gasteiger partial charge in [-0.1, -0.05) is 12.5 Å². The topological polar surface area (TPSA) is 40.5 Å². The summed E-state index contributed by atoms with van der Waals surface area (Å²) in [5, 5.41) is 9.37. The second-order valence-electron chi connectivity index (χ2n) is 9.04. The number of thioether (sulfide) groups is 1. The van der Waals surface area contributed by atoms with Crippen LogP contribution >= 0.6 is 11.8 Å². The van der Waals surface area contributed by atoms with Crippen LogP contribution in [0.1, 0.15) is 43.2 Å². The number of carboxylic acid groups (broad SMARTS) is 1. The van der Waals surface area contributed by atoms with E-state index in [1.54, 1.807) is 12.2 Å². The molecule has 2 aliphatic carbocycles. The van der Waals surface area contributed by atoms with Crippen LogP contribution in [0.2, 0.25) is 0 Å². The lowest BCUT2D eigenvalue weighted by Crippen LogP contribution is -2.39. The summed E-state index contributed by atoms with van der Waals surface area (Å²) in [5.74, 6) is 0.524. The molecule has 4 atom stereocenters. The number of fused-ring (bicyclic) bond motifs is 2. The molecule has 0 spiro atoms. The molecule has 174 valence electrons. The van der Waals surface area contributed by atoms with E-state index >= 15 is 0 Å². The van der Waals surface area contributed by atoms with Gasteiger partial charge in [0.15, 0.2) is 0 Å². The zero-order valence-electron chi connectivity index (χ0n) is 17.7. The fourth-order valence-electron chi connectivity index (χ4n) is 5.40. The summed E-state index contributed by atoms with van der Waals surface area (Å²) >= 11 is 1.51. The Morgan fingerprint density at radius 3 is 2.69 bits per heavy atom. The van der Waals surface area contributed by atoms with Gasteiger partial charge in [0.25, 0.3) is 0 Å². The highest BCUT2D eigenvalue weighted by Gasteiger charge is 2.41. The molecular formula is C24H27F4NO2S. The molecule has 4 rings (SSSR count). The number of hydrogen-bond acceptors (Lipinski definition) is 3. The molecule has 8 heteroatoms. The molecule has 1 aromatic carbocycles. The van der Waals surface area contributed by atoms with Crippen molar-refractivity contribution in [2.24, 2.45) is 17.8 Å². The molecule has 2 fully saturated rings. The maximum atomic E-state index is 13.5.